The molecule has 0 unspecified atom stereocenters. The molecule has 0 aromatic heterocycles. The number of nitrogens with one attached hydrogen (secondary N) is 2. The molecule has 0 fully saturated rings. The Balaban J connectivity index is 2.58. The molecule has 0 spiro atoms. The van der Waals surface area contributed by atoms with Gasteiger partial charge in [-0.05, 0) is 5.56 Å². The number of rotatable bonds is 6. The minimum absolute atomic E-state index is 0.00202. The summed E-state index contributed by atoms with van der Waals surface area (Å²) in [5, 5.41) is 6.09. The average molecular weight is 274 g/mol. The minimum atomic E-state index is -0.00202. The van der Waals surface area contributed by atoms with Gasteiger partial charge in [-0.2, -0.15) is 0 Å². The third kappa shape index (κ3) is 6.04. The van der Waals surface area contributed by atoms with Crippen molar-refractivity contribution >= 4 is 11.9 Å². The summed E-state index contributed by atoms with van der Waals surface area (Å²) in [5.74, 6) is 0.599. The smallest absolute Gasteiger partial charge is 0.241 e. The van der Waals surface area contributed by atoms with E-state index in [9.17, 15) is 4.79 Å². The van der Waals surface area contributed by atoms with E-state index in [2.05, 4.69) is 22.2 Å². The number of aliphatic imine (C=N–C) groups is 1. The lowest BCUT2D eigenvalue weighted by Gasteiger charge is -2.14. The van der Waals surface area contributed by atoms with Gasteiger partial charge in [0.1, 0.15) is 0 Å². The van der Waals surface area contributed by atoms with Gasteiger partial charge in [-0.15, -0.1) is 6.58 Å². The first kappa shape index (κ1) is 15.8. The van der Waals surface area contributed by atoms with Gasteiger partial charge in [0.2, 0.25) is 5.91 Å². The zero-order valence-corrected chi connectivity index (χ0v) is 12.1. The third-order valence-electron chi connectivity index (χ3n) is 2.58. The number of nitrogens with zero attached hydrogens (tertiary/aromatic N) is 2. The molecule has 0 saturated heterocycles. The molecule has 5 nitrogen and oxygen atoms in total. The highest BCUT2D eigenvalue weighted by Crippen LogP contribution is 1.99. The van der Waals surface area contributed by atoms with Gasteiger partial charge < -0.3 is 15.5 Å². The third-order valence-corrected chi connectivity index (χ3v) is 2.58. The monoisotopic (exact) mass is 274 g/mol. The van der Waals surface area contributed by atoms with Crippen molar-refractivity contribution in [2.24, 2.45) is 4.99 Å². The van der Waals surface area contributed by atoms with Crippen LogP contribution in [0.15, 0.2) is 48.0 Å². The predicted octanol–water partition coefficient (Wildman–Crippen LogP) is 0.996. The quantitative estimate of drug-likeness (QED) is 0.462. The first-order chi connectivity index (χ1) is 9.63. The van der Waals surface area contributed by atoms with Gasteiger partial charge in [0.15, 0.2) is 5.96 Å². The first-order valence-corrected chi connectivity index (χ1v) is 6.50. The van der Waals surface area contributed by atoms with E-state index in [1.807, 2.05) is 30.3 Å². The SMILES string of the molecule is C=CCNC(=NCc1ccccc1)NCC(=O)N(C)C. The maximum atomic E-state index is 11.6. The lowest BCUT2D eigenvalue weighted by atomic mass is 10.2. The van der Waals surface area contributed by atoms with E-state index in [1.165, 1.54) is 4.90 Å². The van der Waals surface area contributed by atoms with Crippen LogP contribution in [0.2, 0.25) is 0 Å². The van der Waals surface area contributed by atoms with Crippen molar-refractivity contribution < 1.29 is 4.79 Å². The van der Waals surface area contributed by atoms with E-state index in [-0.39, 0.29) is 12.5 Å². The van der Waals surface area contributed by atoms with E-state index in [1.54, 1.807) is 20.2 Å². The van der Waals surface area contributed by atoms with Gasteiger partial charge in [0.25, 0.3) is 0 Å². The van der Waals surface area contributed by atoms with Crippen LogP contribution in [0.5, 0.6) is 0 Å². The van der Waals surface area contributed by atoms with Crippen LogP contribution in [-0.4, -0.2) is 44.0 Å². The molecule has 0 radical (unpaired) electrons. The number of amides is 1. The summed E-state index contributed by atoms with van der Waals surface area (Å²) in [5.41, 5.74) is 1.12. The Morgan fingerprint density at radius 2 is 2.00 bits per heavy atom. The number of likely N-dealkylation sites (N-methyl/N-ethyl adjacent to an activating group) is 1. The fourth-order valence-electron chi connectivity index (χ4n) is 1.41. The Bertz CT molecular complexity index is 454. The summed E-state index contributed by atoms with van der Waals surface area (Å²) >= 11 is 0. The molecule has 0 saturated carbocycles. The van der Waals surface area contributed by atoms with Crippen molar-refractivity contribution in [3.05, 3.63) is 48.6 Å². The first-order valence-electron chi connectivity index (χ1n) is 6.50. The second-order valence-electron chi connectivity index (χ2n) is 4.46. The molecule has 1 rings (SSSR count). The summed E-state index contributed by atoms with van der Waals surface area (Å²) in [6, 6.07) is 9.95. The zero-order valence-electron chi connectivity index (χ0n) is 12.1. The normalized spacial score (nSPS) is 10.8. The highest BCUT2D eigenvalue weighted by Gasteiger charge is 2.05. The van der Waals surface area contributed by atoms with Gasteiger partial charge in [0, 0.05) is 20.6 Å². The van der Waals surface area contributed by atoms with Gasteiger partial charge in [0.05, 0.1) is 13.1 Å². The summed E-state index contributed by atoms with van der Waals surface area (Å²) in [6.07, 6.45) is 1.74. The molecule has 20 heavy (non-hydrogen) atoms. The fraction of sp³-hybridized carbons (Fsp3) is 0.333. The van der Waals surface area contributed by atoms with E-state index in [0.29, 0.717) is 19.0 Å². The lowest BCUT2D eigenvalue weighted by molar-refractivity contribution is -0.127. The Morgan fingerprint density at radius 3 is 2.60 bits per heavy atom. The van der Waals surface area contributed by atoms with E-state index < -0.39 is 0 Å². The van der Waals surface area contributed by atoms with Gasteiger partial charge >= 0.3 is 0 Å². The van der Waals surface area contributed by atoms with Crippen LogP contribution in [0.4, 0.5) is 0 Å². The number of benzene rings is 1. The van der Waals surface area contributed by atoms with Crippen molar-refractivity contribution in [3.8, 4) is 0 Å². The number of guanidine groups is 1. The lowest BCUT2D eigenvalue weighted by Crippen LogP contribution is -2.43. The second kappa shape index (κ2) is 8.74. The molecule has 5 heteroatoms. The Kier molecular flexibility index (Phi) is 6.89. The van der Waals surface area contributed by atoms with Gasteiger partial charge in [-0.25, -0.2) is 4.99 Å². The highest BCUT2D eigenvalue weighted by atomic mass is 16.2. The average Bonchev–Trinajstić information content (AvgIpc) is 2.47. The topological polar surface area (TPSA) is 56.7 Å². The van der Waals surface area contributed by atoms with Crippen LogP contribution in [0.1, 0.15) is 5.56 Å². The molecule has 108 valence electrons. The molecule has 0 aliphatic rings. The molecule has 1 aromatic rings. The Labute approximate surface area is 120 Å². The van der Waals surface area contributed by atoms with Crippen molar-refractivity contribution in [3.63, 3.8) is 0 Å². The summed E-state index contributed by atoms with van der Waals surface area (Å²) < 4.78 is 0. The van der Waals surface area contributed by atoms with E-state index in [4.69, 9.17) is 0 Å². The molecule has 1 aromatic carbocycles. The largest absolute Gasteiger partial charge is 0.353 e. The number of carbonyl (C=O) groups excluding carboxylic acids is 1. The molecule has 0 heterocycles. The molecule has 0 bridgehead atoms. The second-order valence-corrected chi connectivity index (χ2v) is 4.46. The molecular weight excluding hydrogens is 252 g/mol. The number of hydrogen-bond donors (Lipinski definition) is 2. The highest BCUT2D eigenvalue weighted by molar-refractivity contribution is 5.86. The van der Waals surface area contributed by atoms with Crippen molar-refractivity contribution in [1.82, 2.24) is 15.5 Å². The maximum absolute atomic E-state index is 11.6. The molecule has 0 atom stereocenters. The maximum Gasteiger partial charge on any atom is 0.241 e. The minimum Gasteiger partial charge on any atom is -0.353 e. The van der Waals surface area contributed by atoms with Crippen molar-refractivity contribution in [1.29, 1.82) is 0 Å². The van der Waals surface area contributed by atoms with Gasteiger partial charge in [-0.1, -0.05) is 36.4 Å². The van der Waals surface area contributed by atoms with E-state index in [0.717, 1.165) is 5.56 Å². The van der Waals surface area contributed by atoms with E-state index >= 15 is 0 Å². The van der Waals surface area contributed by atoms with Crippen LogP contribution in [-0.2, 0) is 11.3 Å². The standard InChI is InChI=1S/C15H22N4O/c1-4-10-16-15(18-12-14(20)19(2)3)17-11-13-8-6-5-7-9-13/h4-9H,1,10-12H2,2-3H3,(H2,16,17,18). The van der Waals surface area contributed by atoms with Crippen molar-refractivity contribution in [2.45, 2.75) is 6.54 Å². The fourth-order valence-corrected chi connectivity index (χ4v) is 1.41. The molecule has 0 aliphatic heterocycles. The van der Waals surface area contributed by atoms with Crippen LogP contribution in [0.3, 0.4) is 0 Å². The van der Waals surface area contributed by atoms with Gasteiger partial charge in [-0.3, -0.25) is 4.79 Å². The molecule has 2 N–H and O–H groups in total. The van der Waals surface area contributed by atoms with Crippen LogP contribution in [0.25, 0.3) is 0 Å². The Morgan fingerprint density at radius 1 is 1.30 bits per heavy atom. The van der Waals surface area contributed by atoms with Crippen LogP contribution in [0, 0.1) is 0 Å². The zero-order chi connectivity index (χ0) is 14.8. The molecule has 0 aliphatic carbocycles. The number of carbonyl (C=O) groups is 1. The summed E-state index contributed by atoms with van der Waals surface area (Å²) in [4.78, 5) is 17.5. The molecular formula is C15H22N4O. The predicted molar refractivity (Wildman–Crippen MR) is 82.5 cm³/mol. The molecule has 1 amide bonds. The van der Waals surface area contributed by atoms with Crippen molar-refractivity contribution in [2.75, 3.05) is 27.2 Å². The summed E-state index contributed by atoms with van der Waals surface area (Å²) in [6.45, 7) is 5.02. The number of hydrogen-bond acceptors (Lipinski definition) is 2. The Hall–Kier alpha value is -2.30. The summed E-state index contributed by atoms with van der Waals surface area (Å²) in [7, 11) is 3.45. The van der Waals surface area contributed by atoms with Crippen LogP contribution >= 0.6 is 0 Å². The van der Waals surface area contributed by atoms with Crippen LogP contribution < -0.4 is 10.6 Å².